The van der Waals surface area contributed by atoms with Gasteiger partial charge in [-0.05, 0) is 36.8 Å². The number of aryl methyl sites for hydroxylation is 1. The molecule has 0 saturated carbocycles. The molecule has 2 rings (SSSR count). The van der Waals surface area contributed by atoms with Crippen LogP contribution in [0.1, 0.15) is 12.0 Å². The minimum Gasteiger partial charge on any atom is -0.384 e. The lowest BCUT2D eigenvalue weighted by atomic mass is 10.2. The highest BCUT2D eigenvalue weighted by Gasteiger charge is 2.04. The van der Waals surface area contributed by atoms with Crippen molar-refractivity contribution in [2.75, 3.05) is 17.2 Å². The van der Waals surface area contributed by atoms with E-state index in [2.05, 4.69) is 10.6 Å². The second-order valence-corrected chi connectivity index (χ2v) is 4.99. The molecule has 0 heterocycles. The molecule has 0 aliphatic carbocycles. The van der Waals surface area contributed by atoms with Gasteiger partial charge in [0.15, 0.2) is 0 Å². The van der Waals surface area contributed by atoms with Gasteiger partial charge in [-0.3, -0.25) is 4.79 Å². The lowest BCUT2D eigenvalue weighted by Gasteiger charge is -2.09. The first kappa shape index (κ1) is 14.4. The van der Waals surface area contributed by atoms with Crippen molar-refractivity contribution in [1.82, 2.24) is 0 Å². The highest BCUT2D eigenvalue weighted by Crippen LogP contribution is 2.15. The molecule has 0 unspecified atom stereocenters. The van der Waals surface area contributed by atoms with E-state index in [1.165, 1.54) is 0 Å². The first-order valence-electron chi connectivity index (χ1n) is 6.50. The number of hydrogen-bond acceptors (Lipinski definition) is 2. The summed E-state index contributed by atoms with van der Waals surface area (Å²) in [7, 11) is 0. The molecule has 1 amide bonds. The lowest BCUT2D eigenvalue weighted by Crippen LogP contribution is -2.16. The molecule has 4 heteroatoms. The van der Waals surface area contributed by atoms with Crippen molar-refractivity contribution in [2.24, 2.45) is 0 Å². The van der Waals surface area contributed by atoms with Crippen LogP contribution in [0.5, 0.6) is 0 Å². The molecule has 0 aliphatic heterocycles. The van der Waals surface area contributed by atoms with Gasteiger partial charge in [0.2, 0.25) is 5.91 Å². The Balaban J connectivity index is 1.80. The Morgan fingerprint density at radius 3 is 2.70 bits per heavy atom. The Kier molecular flexibility index (Phi) is 5.02. The number of carbonyl (C=O) groups is 1. The number of rotatable bonds is 5. The van der Waals surface area contributed by atoms with Crippen LogP contribution in [0.3, 0.4) is 0 Å². The maximum absolute atomic E-state index is 11.8. The van der Waals surface area contributed by atoms with Crippen LogP contribution in [0.25, 0.3) is 0 Å². The van der Waals surface area contributed by atoms with E-state index in [0.29, 0.717) is 18.0 Å². The van der Waals surface area contributed by atoms with Gasteiger partial charge in [-0.25, -0.2) is 0 Å². The fraction of sp³-hybridized carbons (Fsp3) is 0.188. The lowest BCUT2D eigenvalue weighted by molar-refractivity contribution is -0.115. The molecule has 2 N–H and O–H groups in total. The number of para-hydroxylation sites is 1. The summed E-state index contributed by atoms with van der Waals surface area (Å²) in [6.45, 7) is 2.54. The monoisotopic (exact) mass is 288 g/mol. The largest absolute Gasteiger partial charge is 0.384 e. The third-order valence-electron chi connectivity index (χ3n) is 2.92. The van der Waals surface area contributed by atoms with E-state index >= 15 is 0 Å². The molecule has 0 aromatic heterocycles. The van der Waals surface area contributed by atoms with E-state index in [1.54, 1.807) is 0 Å². The number of hydrogen-bond donors (Lipinski definition) is 2. The Labute approximate surface area is 124 Å². The molecule has 0 fully saturated rings. The summed E-state index contributed by atoms with van der Waals surface area (Å²) in [5, 5.41) is 6.75. The summed E-state index contributed by atoms with van der Waals surface area (Å²) in [6, 6.07) is 15.2. The average Bonchev–Trinajstić information content (AvgIpc) is 2.41. The minimum atomic E-state index is -0.00571. The Bertz CT molecular complexity index is 599. The van der Waals surface area contributed by atoms with Crippen LogP contribution in [-0.2, 0) is 4.79 Å². The second-order valence-electron chi connectivity index (χ2n) is 4.55. The van der Waals surface area contributed by atoms with E-state index in [4.69, 9.17) is 11.6 Å². The molecule has 20 heavy (non-hydrogen) atoms. The zero-order valence-corrected chi connectivity index (χ0v) is 12.1. The van der Waals surface area contributed by atoms with Crippen LogP contribution in [0.15, 0.2) is 48.5 Å². The summed E-state index contributed by atoms with van der Waals surface area (Å²) in [5.41, 5.74) is 2.84. The first-order chi connectivity index (χ1) is 9.65. The van der Waals surface area contributed by atoms with Gasteiger partial charge in [-0.2, -0.15) is 0 Å². The number of carbonyl (C=O) groups excluding carboxylic acids is 1. The molecule has 0 bridgehead atoms. The molecular weight excluding hydrogens is 272 g/mol. The van der Waals surface area contributed by atoms with E-state index in [9.17, 15) is 4.79 Å². The minimum absolute atomic E-state index is 0.00571. The van der Waals surface area contributed by atoms with Crippen molar-refractivity contribution >= 4 is 28.9 Å². The maximum atomic E-state index is 11.8. The van der Waals surface area contributed by atoms with Gasteiger partial charge in [0.25, 0.3) is 0 Å². The molecule has 2 aromatic carbocycles. The maximum Gasteiger partial charge on any atom is 0.226 e. The van der Waals surface area contributed by atoms with Crippen molar-refractivity contribution < 1.29 is 4.79 Å². The summed E-state index contributed by atoms with van der Waals surface area (Å²) in [5.74, 6) is -0.00571. The first-order valence-corrected chi connectivity index (χ1v) is 6.88. The number of benzene rings is 2. The summed E-state index contributed by atoms with van der Waals surface area (Å²) < 4.78 is 0. The standard InChI is InChI=1S/C16H17ClN2O/c1-12-5-2-3-8-15(12)19-16(20)9-10-18-14-7-4-6-13(17)11-14/h2-8,11,18H,9-10H2,1H3,(H,19,20). The zero-order valence-electron chi connectivity index (χ0n) is 11.3. The highest BCUT2D eigenvalue weighted by atomic mass is 35.5. The van der Waals surface area contributed by atoms with Gasteiger partial charge in [-0.15, -0.1) is 0 Å². The van der Waals surface area contributed by atoms with Crippen molar-refractivity contribution in [3.8, 4) is 0 Å². The van der Waals surface area contributed by atoms with Crippen molar-refractivity contribution in [3.63, 3.8) is 0 Å². The van der Waals surface area contributed by atoms with E-state index in [-0.39, 0.29) is 5.91 Å². The molecule has 0 radical (unpaired) electrons. The topological polar surface area (TPSA) is 41.1 Å². The molecule has 3 nitrogen and oxygen atoms in total. The van der Waals surface area contributed by atoms with Crippen molar-refractivity contribution in [3.05, 3.63) is 59.1 Å². The number of anilines is 2. The van der Waals surface area contributed by atoms with Crippen LogP contribution >= 0.6 is 11.6 Å². The predicted molar refractivity (Wildman–Crippen MR) is 84.4 cm³/mol. The predicted octanol–water partition coefficient (Wildman–Crippen LogP) is 4.09. The third kappa shape index (κ3) is 4.28. The van der Waals surface area contributed by atoms with Crippen LogP contribution in [0, 0.1) is 6.92 Å². The Morgan fingerprint density at radius 2 is 1.95 bits per heavy atom. The van der Waals surface area contributed by atoms with Gasteiger partial charge in [0.05, 0.1) is 0 Å². The van der Waals surface area contributed by atoms with Gasteiger partial charge in [-0.1, -0.05) is 35.9 Å². The zero-order chi connectivity index (χ0) is 14.4. The summed E-state index contributed by atoms with van der Waals surface area (Å²) in [6.07, 6.45) is 0.404. The van der Waals surface area contributed by atoms with Gasteiger partial charge in [0, 0.05) is 29.4 Å². The van der Waals surface area contributed by atoms with Crippen LogP contribution in [0.2, 0.25) is 5.02 Å². The van der Waals surface area contributed by atoms with E-state index < -0.39 is 0 Å². The Hall–Kier alpha value is -2.00. The van der Waals surface area contributed by atoms with Crippen molar-refractivity contribution in [1.29, 1.82) is 0 Å². The third-order valence-corrected chi connectivity index (χ3v) is 3.16. The molecule has 0 spiro atoms. The van der Waals surface area contributed by atoms with Crippen molar-refractivity contribution in [2.45, 2.75) is 13.3 Å². The van der Waals surface area contributed by atoms with Crippen LogP contribution in [0.4, 0.5) is 11.4 Å². The normalized spacial score (nSPS) is 10.1. The Morgan fingerprint density at radius 1 is 1.15 bits per heavy atom. The van der Waals surface area contributed by atoms with E-state index in [1.807, 2.05) is 55.5 Å². The smallest absolute Gasteiger partial charge is 0.226 e. The van der Waals surface area contributed by atoms with Crippen LogP contribution < -0.4 is 10.6 Å². The molecule has 0 saturated heterocycles. The van der Waals surface area contributed by atoms with Gasteiger partial charge < -0.3 is 10.6 Å². The SMILES string of the molecule is Cc1ccccc1NC(=O)CCNc1cccc(Cl)c1. The molecule has 2 aromatic rings. The molecular formula is C16H17ClN2O. The second kappa shape index (κ2) is 6.96. The molecule has 0 atom stereocenters. The van der Waals surface area contributed by atoms with Crippen LogP contribution in [-0.4, -0.2) is 12.5 Å². The number of halogens is 1. The highest BCUT2D eigenvalue weighted by molar-refractivity contribution is 6.30. The summed E-state index contributed by atoms with van der Waals surface area (Å²) in [4.78, 5) is 11.8. The van der Waals surface area contributed by atoms with Gasteiger partial charge in [0.1, 0.15) is 0 Å². The molecule has 0 aliphatic rings. The quantitative estimate of drug-likeness (QED) is 0.870. The number of nitrogens with one attached hydrogen (secondary N) is 2. The van der Waals surface area contributed by atoms with E-state index in [0.717, 1.165) is 16.9 Å². The van der Waals surface area contributed by atoms with Gasteiger partial charge >= 0.3 is 0 Å². The fourth-order valence-electron chi connectivity index (χ4n) is 1.84. The average molecular weight is 289 g/mol. The fourth-order valence-corrected chi connectivity index (χ4v) is 2.03. The molecule has 104 valence electrons. The summed E-state index contributed by atoms with van der Waals surface area (Å²) >= 11 is 5.89. The number of amides is 1.